The number of hydrogen-bond donors (Lipinski definition) is 2. The summed E-state index contributed by atoms with van der Waals surface area (Å²) in [5.41, 5.74) is 1.56. The molecule has 0 aliphatic heterocycles. The van der Waals surface area contributed by atoms with Gasteiger partial charge in [0.25, 0.3) is 0 Å². The molecule has 0 saturated carbocycles. The lowest BCUT2D eigenvalue weighted by molar-refractivity contribution is 0.282. The van der Waals surface area contributed by atoms with Gasteiger partial charge in [-0.2, -0.15) is 11.8 Å². The van der Waals surface area contributed by atoms with E-state index in [0.717, 1.165) is 16.8 Å². The zero-order chi connectivity index (χ0) is 13.7. The van der Waals surface area contributed by atoms with Gasteiger partial charge in [0.2, 0.25) is 0 Å². The second-order valence-corrected chi connectivity index (χ2v) is 5.24. The van der Waals surface area contributed by atoms with E-state index in [2.05, 4.69) is 10.3 Å². The molecular weight excluding hydrogens is 263 g/mol. The molecule has 1 atom stereocenters. The Kier molecular flexibility index (Phi) is 4.99. The molecule has 19 heavy (non-hydrogen) atoms. The van der Waals surface area contributed by atoms with Crippen LogP contribution in [0.25, 0.3) is 10.9 Å². The smallest absolute Gasteiger partial charge is 0.125 e. The molecule has 0 saturated heterocycles. The monoisotopic (exact) mass is 280 g/mol. The summed E-state index contributed by atoms with van der Waals surface area (Å²) in [5, 5.41) is 13.4. The molecule has 1 heterocycles. The van der Waals surface area contributed by atoms with E-state index >= 15 is 0 Å². The number of rotatable bonds is 6. The molecule has 0 aliphatic rings. The van der Waals surface area contributed by atoms with Crippen LogP contribution in [0.15, 0.2) is 30.5 Å². The predicted molar refractivity (Wildman–Crippen MR) is 79.2 cm³/mol. The van der Waals surface area contributed by atoms with E-state index in [1.807, 2.05) is 12.3 Å². The number of hydrogen-bond acceptors (Lipinski definition) is 4. The highest BCUT2D eigenvalue weighted by Gasteiger charge is 2.10. The Hall–Kier alpha value is -1.33. The second kappa shape index (κ2) is 6.73. The van der Waals surface area contributed by atoms with Crippen LogP contribution < -0.4 is 5.32 Å². The van der Waals surface area contributed by atoms with Crippen LogP contribution in [0, 0.1) is 5.82 Å². The largest absolute Gasteiger partial charge is 0.396 e. The first-order valence-corrected chi connectivity index (χ1v) is 7.54. The summed E-state index contributed by atoms with van der Waals surface area (Å²) in [7, 11) is 0. The molecule has 2 rings (SSSR count). The summed E-state index contributed by atoms with van der Waals surface area (Å²) in [5.74, 6) is 0.624. The SMILES string of the molecule is CSCC(CCO)Nc1ccnc2cc(F)ccc12. The van der Waals surface area contributed by atoms with Gasteiger partial charge in [-0.15, -0.1) is 0 Å². The first-order chi connectivity index (χ1) is 9.24. The van der Waals surface area contributed by atoms with E-state index in [1.165, 1.54) is 12.1 Å². The molecule has 1 aromatic heterocycles. The van der Waals surface area contributed by atoms with Crippen molar-refractivity contribution in [3.05, 3.63) is 36.3 Å². The third kappa shape index (κ3) is 3.58. The lowest BCUT2D eigenvalue weighted by Gasteiger charge is -2.19. The number of nitrogens with one attached hydrogen (secondary N) is 1. The summed E-state index contributed by atoms with van der Waals surface area (Å²) in [6, 6.07) is 6.66. The molecule has 102 valence electrons. The summed E-state index contributed by atoms with van der Waals surface area (Å²) >= 11 is 1.73. The van der Waals surface area contributed by atoms with Crippen molar-refractivity contribution in [3.8, 4) is 0 Å². The number of thioether (sulfide) groups is 1. The normalized spacial score (nSPS) is 12.6. The Labute approximate surface area is 116 Å². The van der Waals surface area contributed by atoms with Crippen molar-refractivity contribution >= 4 is 28.4 Å². The van der Waals surface area contributed by atoms with Crippen molar-refractivity contribution in [2.45, 2.75) is 12.5 Å². The number of aliphatic hydroxyl groups excluding tert-OH is 1. The quantitative estimate of drug-likeness (QED) is 0.854. The second-order valence-electron chi connectivity index (χ2n) is 4.33. The maximum atomic E-state index is 13.2. The van der Waals surface area contributed by atoms with Crippen LogP contribution in [-0.2, 0) is 0 Å². The van der Waals surface area contributed by atoms with Gasteiger partial charge in [-0.25, -0.2) is 4.39 Å². The number of benzene rings is 1. The van der Waals surface area contributed by atoms with Crippen LogP contribution in [0.5, 0.6) is 0 Å². The fourth-order valence-corrected chi connectivity index (χ4v) is 2.67. The minimum Gasteiger partial charge on any atom is -0.396 e. The van der Waals surface area contributed by atoms with E-state index in [-0.39, 0.29) is 18.5 Å². The molecule has 0 fully saturated rings. The Bertz CT molecular complexity index is 544. The predicted octanol–water partition coefficient (Wildman–Crippen LogP) is 2.90. The molecule has 3 nitrogen and oxygen atoms in total. The molecule has 0 radical (unpaired) electrons. The zero-order valence-corrected chi connectivity index (χ0v) is 11.6. The number of pyridine rings is 1. The number of aliphatic hydroxyl groups is 1. The van der Waals surface area contributed by atoms with Gasteiger partial charge in [0.05, 0.1) is 5.52 Å². The summed E-state index contributed by atoms with van der Waals surface area (Å²) in [6.45, 7) is 0.149. The van der Waals surface area contributed by atoms with Gasteiger partial charge in [0.1, 0.15) is 5.82 Å². The van der Waals surface area contributed by atoms with Gasteiger partial charge in [-0.05, 0) is 30.9 Å². The molecule has 0 spiro atoms. The Morgan fingerprint density at radius 1 is 1.42 bits per heavy atom. The number of fused-ring (bicyclic) bond motifs is 1. The topological polar surface area (TPSA) is 45.1 Å². The fourth-order valence-electron chi connectivity index (χ4n) is 2.02. The van der Waals surface area contributed by atoms with Crippen molar-refractivity contribution in [1.82, 2.24) is 4.98 Å². The highest BCUT2D eigenvalue weighted by Crippen LogP contribution is 2.23. The number of nitrogens with zero attached hydrogens (tertiary/aromatic N) is 1. The third-order valence-electron chi connectivity index (χ3n) is 2.91. The van der Waals surface area contributed by atoms with Crippen LogP contribution in [0.3, 0.4) is 0 Å². The highest BCUT2D eigenvalue weighted by molar-refractivity contribution is 7.98. The maximum absolute atomic E-state index is 13.2. The number of anilines is 1. The first kappa shape index (κ1) is 14.1. The van der Waals surface area contributed by atoms with Gasteiger partial charge in [0.15, 0.2) is 0 Å². The van der Waals surface area contributed by atoms with Gasteiger partial charge < -0.3 is 10.4 Å². The van der Waals surface area contributed by atoms with Crippen molar-refractivity contribution in [2.75, 3.05) is 23.9 Å². The molecule has 0 amide bonds. The molecule has 2 aromatic rings. The van der Waals surface area contributed by atoms with Crippen LogP contribution in [0.2, 0.25) is 0 Å². The van der Waals surface area contributed by atoms with Crippen molar-refractivity contribution < 1.29 is 9.50 Å². The highest BCUT2D eigenvalue weighted by atomic mass is 32.2. The lowest BCUT2D eigenvalue weighted by Crippen LogP contribution is -2.23. The third-order valence-corrected chi connectivity index (χ3v) is 3.65. The minimum absolute atomic E-state index is 0.149. The fraction of sp³-hybridized carbons (Fsp3) is 0.357. The average Bonchev–Trinajstić information content (AvgIpc) is 2.39. The molecule has 1 unspecified atom stereocenters. The minimum atomic E-state index is -0.284. The molecule has 2 N–H and O–H groups in total. The lowest BCUT2D eigenvalue weighted by atomic mass is 10.1. The van der Waals surface area contributed by atoms with Crippen molar-refractivity contribution in [1.29, 1.82) is 0 Å². The average molecular weight is 280 g/mol. The summed E-state index contributed by atoms with van der Waals surface area (Å²) in [6.07, 6.45) is 4.39. The first-order valence-electron chi connectivity index (χ1n) is 6.15. The summed E-state index contributed by atoms with van der Waals surface area (Å²) in [4.78, 5) is 4.17. The van der Waals surface area contributed by atoms with Crippen molar-refractivity contribution in [3.63, 3.8) is 0 Å². The summed E-state index contributed by atoms with van der Waals surface area (Å²) < 4.78 is 13.2. The number of halogens is 1. The zero-order valence-electron chi connectivity index (χ0n) is 10.8. The van der Waals surface area contributed by atoms with Gasteiger partial charge in [-0.3, -0.25) is 4.98 Å². The molecule has 1 aromatic carbocycles. The van der Waals surface area contributed by atoms with Crippen LogP contribution in [0.4, 0.5) is 10.1 Å². The molecule has 0 aliphatic carbocycles. The Balaban J connectivity index is 2.28. The van der Waals surface area contributed by atoms with Gasteiger partial charge >= 0.3 is 0 Å². The molecule has 0 bridgehead atoms. The van der Waals surface area contributed by atoms with E-state index < -0.39 is 0 Å². The van der Waals surface area contributed by atoms with Crippen molar-refractivity contribution in [2.24, 2.45) is 0 Å². The van der Waals surface area contributed by atoms with Gasteiger partial charge in [0, 0.05) is 41.7 Å². The Morgan fingerprint density at radius 3 is 3.00 bits per heavy atom. The van der Waals surface area contributed by atoms with E-state index in [4.69, 9.17) is 5.11 Å². The Morgan fingerprint density at radius 2 is 2.26 bits per heavy atom. The van der Waals surface area contributed by atoms with E-state index in [1.54, 1.807) is 24.0 Å². The van der Waals surface area contributed by atoms with Crippen LogP contribution in [0.1, 0.15) is 6.42 Å². The van der Waals surface area contributed by atoms with Gasteiger partial charge in [-0.1, -0.05) is 0 Å². The number of aromatic nitrogens is 1. The standard InChI is InChI=1S/C14H17FN2OS/c1-19-9-11(5-7-18)17-13-4-6-16-14-8-10(15)2-3-12(13)14/h2-4,6,8,11,18H,5,7,9H2,1H3,(H,16,17). The van der Waals surface area contributed by atoms with E-state index in [0.29, 0.717) is 11.9 Å². The van der Waals surface area contributed by atoms with Crippen LogP contribution in [-0.4, -0.2) is 34.7 Å². The maximum Gasteiger partial charge on any atom is 0.125 e. The van der Waals surface area contributed by atoms with E-state index in [9.17, 15) is 4.39 Å². The van der Waals surface area contributed by atoms with Crippen LogP contribution >= 0.6 is 11.8 Å². The molecular formula is C14H17FN2OS. The molecule has 5 heteroatoms.